The van der Waals surface area contributed by atoms with E-state index < -0.39 is 5.97 Å². The number of ether oxygens (including phenoxy) is 2. The second-order valence-electron chi connectivity index (χ2n) is 5.28. The lowest BCUT2D eigenvalue weighted by atomic mass is 10.2. The van der Waals surface area contributed by atoms with E-state index in [0.717, 1.165) is 12.8 Å². The Kier molecular flexibility index (Phi) is 6.37. The van der Waals surface area contributed by atoms with Gasteiger partial charge < -0.3 is 14.6 Å². The average Bonchev–Trinajstić information content (AvgIpc) is 2.59. The number of benzene rings is 2. The van der Waals surface area contributed by atoms with Crippen LogP contribution in [0.5, 0.6) is 17.2 Å². The Morgan fingerprint density at radius 2 is 1.58 bits per heavy atom. The second kappa shape index (κ2) is 8.72. The van der Waals surface area contributed by atoms with Gasteiger partial charge in [0.05, 0.1) is 0 Å². The molecule has 0 spiro atoms. The number of carbonyl (C=O) groups is 2. The Morgan fingerprint density at radius 3 is 2.25 bits per heavy atom. The largest absolute Gasteiger partial charge is 0.482 e. The highest BCUT2D eigenvalue weighted by Gasteiger charge is 2.14. The minimum absolute atomic E-state index is 0.0255. The normalized spacial score (nSPS) is 10.2. The van der Waals surface area contributed by atoms with Crippen LogP contribution in [0, 0.1) is 0 Å². The van der Waals surface area contributed by atoms with Crippen molar-refractivity contribution >= 4 is 11.8 Å². The Morgan fingerprint density at radius 1 is 0.958 bits per heavy atom. The van der Waals surface area contributed by atoms with Gasteiger partial charge in [-0.1, -0.05) is 37.6 Å². The lowest BCUT2D eigenvalue weighted by molar-refractivity contribution is -0.121. The average molecular weight is 328 g/mol. The van der Waals surface area contributed by atoms with E-state index in [1.54, 1.807) is 42.5 Å². The van der Waals surface area contributed by atoms with Gasteiger partial charge in [-0.15, -0.1) is 0 Å². The Labute approximate surface area is 140 Å². The van der Waals surface area contributed by atoms with Crippen LogP contribution in [-0.4, -0.2) is 23.5 Å². The molecule has 0 atom stereocenters. The third-order valence-electron chi connectivity index (χ3n) is 3.38. The lowest BCUT2D eigenvalue weighted by Gasteiger charge is -2.13. The van der Waals surface area contributed by atoms with E-state index in [0.29, 0.717) is 17.9 Å². The molecule has 2 aromatic carbocycles. The zero-order chi connectivity index (χ0) is 17.4. The SMILES string of the molecule is CCCCC(=O)COc1ccccc1Oc1ccccc1C(=O)O. The van der Waals surface area contributed by atoms with Crippen molar-refractivity contribution in [3.8, 4) is 17.2 Å². The van der Waals surface area contributed by atoms with Crippen LogP contribution in [0.1, 0.15) is 36.5 Å². The molecule has 2 aromatic rings. The fraction of sp³-hybridized carbons (Fsp3) is 0.263. The van der Waals surface area contributed by atoms with Crippen molar-refractivity contribution in [2.75, 3.05) is 6.61 Å². The molecule has 126 valence electrons. The first kappa shape index (κ1) is 17.5. The fourth-order valence-electron chi connectivity index (χ4n) is 2.11. The molecular formula is C19H20O5. The van der Waals surface area contributed by atoms with Gasteiger partial charge in [0.25, 0.3) is 0 Å². The van der Waals surface area contributed by atoms with Gasteiger partial charge in [0.15, 0.2) is 17.3 Å². The number of hydrogen-bond acceptors (Lipinski definition) is 4. The van der Waals surface area contributed by atoms with Crippen molar-refractivity contribution in [2.24, 2.45) is 0 Å². The molecule has 5 nitrogen and oxygen atoms in total. The maximum atomic E-state index is 11.7. The maximum Gasteiger partial charge on any atom is 0.339 e. The van der Waals surface area contributed by atoms with Crippen LogP contribution in [0.25, 0.3) is 0 Å². The highest BCUT2D eigenvalue weighted by atomic mass is 16.5. The Hall–Kier alpha value is -2.82. The fourth-order valence-corrected chi connectivity index (χ4v) is 2.11. The molecular weight excluding hydrogens is 308 g/mol. The molecule has 24 heavy (non-hydrogen) atoms. The summed E-state index contributed by atoms with van der Waals surface area (Å²) < 4.78 is 11.2. The number of Topliss-reactive ketones (excluding diaryl/α,β-unsaturated/α-hetero) is 1. The van der Waals surface area contributed by atoms with Crippen LogP contribution >= 0.6 is 0 Å². The third-order valence-corrected chi connectivity index (χ3v) is 3.38. The molecule has 0 heterocycles. The predicted octanol–water partition coefficient (Wildman–Crippen LogP) is 4.32. The highest BCUT2D eigenvalue weighted by Crippen LogP contribution is 2.33. The van der Waals surface area contributed by atoms with E-state index in [9.17, 15) is 14.7 Å². The second-order valence-corrected chi connectivity index (χ2v) is 5.28. The number of hydrogen-bond donors (Lipinski definition) is 1. The minimum atomic E-state index is -1.07. The standard InChI is InChI=1S/C19H20O5/c1-2-3-8-14(20)13-23-17-11-6-7-12-18(17)24-16-10-5-4-9-15(16)19(21)22/h4-7,9-12H,2-3,8,13H2,1H3,(H,21,22). The molecule has 2 rings (SSSR count). The summed E-state index contributed by atoms with van der Waals surface area (Å²) in [5.41, 5.74) is 0.0614. The number of carboxylic acid groups (broad SMARTS) is 1. The summed E-state index contributed by atoms with van der Waals surface area (Å²) in [4.78, 5) is 23.0. The summed E-state index contributed by atoms with van der Waals surface area (Å²) in [6.45, 7) is 2.00. The molecule has 1 N–H and O–H groups in total. The number of ketones is 1. The predicted molar refractivity (Wildman–Crippen MR) is 89.9 cm³/mol. The summed E-state index contributed by atoms with van der Waals surface area (Å²) in [6, 6.07) is 13.2. The molecule has 0 saturated heterocycles. The molecule has 0 aliphatic rings. The molecule has 0 bridgehead atoms. The van der Waals surface area contributed by atoms with Gasteiger partial charge in [-0.25, -0.2) is 4.79 Å². The maximum absolute atomic E-state index is 11.7. The van der Waals surface area contributed by atoms with Crippen LogP contribution in [-0.2, 0) is 4.79 Å². The number of carboxylic acids is 1. The van der Waals surface area contributed by atoms with Crippen LogP contribution < -0.4 is 9.47 Å². The lowest BCUT2D eigenvalue weighted by Crippen LogP contribution is -2.11. The van der Waals surface area contributed by atoms with Crippen molar-refractivity contribution in [1.29, 1.82) is 0 Å². The molecule has 0 radical (unpaired) electrons. The minimum Gasteiger partial charge on any atom is -0.482 e. The van der Waals surface area contributed by atoms with E-state index >= 15 is 0 Å². The molecule has 0 aromatic heterocycles. The summed E-state index contributed by atoms with van der Waals surface area (Å²) in [5.74, 6) is -0.0493. The zero-order valence-electron chi connectivity index (χ0n) is 13.5. The van der Waals surface area contributed by atoms with Crippen LogP contribution in [0.4, 0.5) is 0 Å². The van der Waals surface area contributed by atoms with E-state index in [2.05, 4.69) is 0 Å². The summed E-state index contributed by atoms with van der Waals surface area (Å²) in [6.07, 6.45) is 2.28. The molecule has 0 aliphatic heterocycles. The van der Waals surface area contributed by atoms with Crippen LogP contribution in [0.3, 0.4) is 0 Å². The number of para-hydroxylation sites is 3. The topological polar surface area (TPSA) is 72.8 Å². The van der Waals surface area contributed by atoms with E-state index in [4.69, 9.17) is 9.47 Å². The zero-order valence-corrected chi connectivity index (χ0v) is 13.5. The first-order valence-corrected chi connectivity index (χ1v) is 7.85. The van der Waals surface area contributed by atoms with Gasteiger partial charge in [0.1, 0.15) is 17.9 Å². The quantitative estimate of drug-likeness (QED) is 0.742. The van der Waals surface area contributed by atoms with Gasteiger partial charge in [0.2, 0.25) is 0 Å². The van der Waals surface area contributed by atoms with Gasteiger partial charge in [0, 0.05) is 6.42 Å². The Balaban J connectivity index is 2.12. The molecule has 0 saturated carbocycles. The van der Waals surface area contributed by atoms with Gasteiger partial charge in [-0.2, -0.15) is 0 Å². The van der Waals surface area contributed by atoms with Crippen molar-refractivity contribution in [3.05, 3.63) is 54.1 Å². The van der Waals surface area contributed by atoms with Crippen LogP contribution in [0.15, 0.2) is 48.5 Å². The molecule has 0 fully saturated rings. The van der Waals surface area contributed by atoms with E-state index in [1.165, 1.54) is 6.07 Å². The van der Waals surface area contributed by atoms with Crippen molar-refractivity contribution in [1.82, 2.24) is 0 Å². The highest BCUT2D eigenvalue weighted by molar-refractivity contribution is 5.91. The number of aromatic carboxylic acids is 1. The number of carbonyl (C=O) groups excluding carboxylic acids is 1. The van der Waals surface area contributed by atoms with Crippen molar-refractivity contribution < 1.29 is 24.2 Å². The first-order valence-electron chi connectivity index (χ1n) is 7.85. The van der Waals surface area contributed by atoms with Gasteiger partial charge in [-0.05, 0) is 30.7 Å². The monoisotopic (exact) mass is 328 g/mol. The van der Waals surface area contributed by atoms with Crippen LogP contribution in [0.2, 0.25) is 0 Å². The van der Waals surface area contributed by atoms with E-state index in [-0.39, 0.29) is 23.7 Å². The summed E-state index contributed by atoms with van der Waals surface area (Å²) in [5, 5.41) is 9.22. The molecule has 5 heteroatoms. The van der Waals surface area contributed by atoms with Crippen molar-refractivity contribution in [3.63, 3.8) is 0 Å². The first-order chi connectivity index (χ1) is 11.6. The third kappa shape index (κ3) is 4.84. The van der Waals surface area contributed by atoms with Crippen molar-refractivity contribution in [2.45, 2.75) is 26.2 Å². The van der Waals surface area contributed by atoms with E-state index in [1.807, 2.05) is 6.92 Å². The summed E-state index contributed by atoms with van der Waals surface area (Å²) >= 11 is 0. The number of rotatable bonds is 9. The number of unbranched alkanes of at least 4 members (excludes halogenated alkanes) is 1. The molecule has 0 aliphatic carbocycles. The molecule has 0 unspecified atom stereocenters. The molecule has 0 amide bonds. The Bertz CT molecular complexity index is 708. The smallest absolute Gasteiger partial charge is 0.339 e. The van der Waals surface area contributed by atoms with Gasteiger partial charge >= 0.3 is 5.97 Å². The van der Waals surface area contributed by atoms with Gasteiger partial charge in [-0.3, -0.25) is 4.79 Å². The summed E-state index contributed by atoms with van der Waals surface area (Å²) in [7, 11) is 0.